The number of aromatic nitrogens is 3. The van der Waals surface area contributed by atoms with Crippen LogP contribution in [0.4, 0.5) is 0 Å². The smallest absolute Gasteiger partial charge is 0.145 e. The summed E-state index contributed by atoms with van der Waals surface area (Å²) in [6.07, 6.45) is 8.42. The highest BCUT2D eigenvalue weighted by Crippen LogP contribution is 2.40. The maximum atomic E-state index is 5.60. The lowest BCUT2D eigenvalue weighted by Gasteiger charge is -2.35. The van der Waals surface area contributed by atoms with Gasteiger partial charge < -0.3 is 9.47 Å². The van der Waals surface area contributed by atoms with Crippen LogP contribution in [0.1, 0.15) is 116 Å². The lowest BCUT2D eigenvalue weighted by Crippen LogP contribution is -2.42. The Kier molecular flexibility index (Phi) is 8.53. The minimum Gasteiger partial charge on any atom is -0.351 e. The number of benzene rings is 4. The monoisotopic (exact) mass is 727 g/mol. The van der Waals surface area contributed by atoms with Crippen LogP contribution in [0.5, 0.6) is 0 Å². The van der Waals surface area contributed by atoms with Crippen molar-refractivity contribution in [1.29, 1.82) is 0 Å². The van der Waals surface area contributed by atoms with E-state index in [0.29, 0.717) is 12.0 Å². The summed E-state index contributed by atoms with van der Waals surface area (Å²) in [4.78, 5) is 13.3. The van der Waals surface area contributed by atoms with Gasteiger partial charge in [0, 0.05) is 57.3 Å². The van der Waals surface area contributed by atoms with Crippen LogP contribution in [-0.4, -0.2) is 43.5 Å². The molecule has 1 fully saturated rings. The highest BCUT2D eigenvalue weighted by Gasteiger charge is 2.37. The Balaban J connectivity index is 1.28. The minimum atomic E-state index is 0.0529. The second-order valence-corrected chi connectivity index (χ2v) is 19.0. The first kappa shape index (κ1) is 35.8. The zero-order chi connectivity index (χ0) is 38.4. The highest BCUT2D eigenvalue weighted by molar-refractivity contribution is 6.12. The molecule has 1 saturated carbocycles. The molecule has 2 aliphatic rings. The lowest BCUT2D eigenvalue weighted by molar-refractivity contribution is 0.218. The van der Waals surface area contributed by atoms with Crippen LogP contribution in [0.2, 0.25) is 0 Å². The van der Waals surface area contributed by atoms with Gasteiger partial charge in [-0.15, -0.1) is 0 Å². The van der Waals surface area contributed by atoms with Gasteiger partial charge in [-0.05, 0) is 114 Å². The topological polar surface area (TPSA) is 38.4 Å². The van der Waals surface area contributed by atoms with E-state index in [4.69, 9.17) is 9.98 Å². The van der Waals surface area contributed by atoms with E-state index < -0.39 is 0 Å². The van der Waals surface area contributed by atoms with Crippen molar-refractivity contribution in [2.45, 2.75) is 118 Å². The van der Waals surface area contributed by atoms with Crippen LogP contribution in [0.15, 0.2) is 96.1 Å². The Morgan fingerprint density at radius 2 is 1.42 bits per heavy atom. The van der Waals surface area contributed by atoms with Gasteiger partial charge in [0.1, 0.15) is 11.5 Å². The van der Waals surface area contributed by atoms with Crippen LogP contribution >= 0.6 is 0 Å². The number of hydrogen-bond acceptors (Lipinski definition) is 3. The summed E-state index contributed by atoms with van der Waals surface area (Å²) in [7, 11) is 0. The Morgan fingerprint density at radius 3 is 2.16 bits per heavy atom. The van der Waals surface area contributed by atoms with Crippen molar-refractivity contribution in [2.24, 2.45) is 10.4 Å². The first-order chi connectivity index (χ1) is 26.3. The Bertz CT molecular complexity index is 2630. The molecule has 4 heterocycles. The third kappa shape index (κ3) is 6.15. The van der Waals surface area contributed by atoms with Crippen LogP contribution in [0.3, 0.4) is 0 Å². The standard InChI is InChI=1S/C50H57N5/c1-31(2)33-25-34(47-52-46(50(7,8)9)30-53(47)36-14-11-10-12-15-36)27-38(26-33)54-43-21-17-32(3)24-41(43)39-20-19-37(29-45(39)54)55-44-22-18-35(49(4,5)6)28-42(44)40-16-13-23-51-48(40)55/h13,16-29,31,36,46H,10-12,14-15,30H2,1-9H3/t46-/m0/s1. The Hall–Kier alpha value is -4.90. The third-order valence-electron chi connectivity index (χ3n) is 12.6. The molecule has 1 aliphatic heterocycles. The fourth-order valence-corrected chi connectivity index (χ4v) is 9.30. The van der Waals surface area contributed by atoms with E-state index in [9.17, 15) is 0 Å². The summed E-state index contributed by atoms with van der Waals surface area (Å²) >= 11 is 0. The van der Waals surface area contributed by atoms with E-state index in [1.54, 1.807) is 0 Å². The molecule has 0 N–H and O–H groups in total. The molecule has 1 aliphatic carbocycles. The predicted octanol–water partition coefficient (Wildman–Crippen LogP) is 12.8. The van der Waals surface area contributed by atoms with Gasteiger partial charge in [-0.3, -0.25) is 9.56 Å². The summed E-state index contributed by atoms with van der Waals surface area (Å²) in [5.41, 5.74) is 12.3. The van der Waals surface area contributed by atoms with Gasteiger partial charge in [-0.1, -0.05) is 98.4 Å². The number of fused-ring (bicyclic) bond motifs is 6. The van der Waals surface area contributed by atoms with Crippen molar-refractivity contribution in [3.63, 3.8) is 0 Å². The largest absolute Gasteiger partial charge is 0.351 e. The second kappa shape index (κ2) is 13.1. The van der Waals surface area contributed by atoms with Crippen molar-refractivity contribution >= 4 is 49.6 Å². The molecule has 55 heavy (non-hydrogen) atoms. The van der Waals surface area contributed by atoms with Gasteiger partial charge in [0.05, 0.1) is 22.6 Å². The van der Waals surface area contributed by atoms with Gasteiger partial charge in [-0.25, -0.2) is 4.98 Å². The normalized spacial score (nSPS) is 17.5. The van der Waals surface area contributed by atoms with Gasteiger partial charge >= 0.3 is 0 Å². The number of aliphatic imine (C=N–C) groups is 1. The molecule has 0 bridgehead atoms. The molecule has 9 rings (SSSR count). The molecule has 0 radical (unpaired) electrons. The zero-order valence-corrected chi connectivity index (χ0v) is 34.4. The Morgan fingerprint density at radius 1 is 0.673 bits per heavy atom. The van der Waals surface area contributed by atoms with Crippen LogP contribution in [0, 0.1) is 12.3 Å². The molecular weight excluding hydrogens is 671 g/mol. The number of amidine groups is 1. The summed E-state index contributed by atoms with van der Waals surface area (Å²) < 4.78 is 4.88. The highest BCUT2D eigenvalue weighted by atomic mass is 15.3. The van der Waals surface area contributed by atoms with Crippen molar-refractivity contribution in [1.82, 2.24) is 19.0 Å². The first-order valence-corrected chi connectivity index (χ1v) is 20.7. The molecule has 5 nitrogen and oxygen atoms in total. The SMILES string of the molecule is Cc1ccc2c(c1)c1ccc(-n3c4ccc(C(C)(C)C)cc4c4cccnc43)cc1n2-c1cc(C2=N[C@H](C(C)(C)C)CN2C2CCCCC2)cc(C(C)C)c1. The number of rotatable bonds is 5. The van der Waals surface area contributed by atoms with E-state index in [0.717, 1.165) is 17.9 Å². The molecular formula is C50H57N5. The number of aryl methyl sites for hydroxylation is 1. The molecule has 1 atom stereocenters. The third-order valence-corrected chi connectivity index (χ3v) is 12.6. The minimum absolute atomic E-state index is 0.0529. The average Bonchev–Trinajstić information content (AvgIpc) is 3.85. The van der Waals surface area contributed by atoms with Crippen molar-refractivity contribution in [3.8, 4) is 11.4 Å². The number of pyridine rings is 1. The maximum absolute atomic E-state index is 5.60. The Labute approximate surface area is 327 Å². The quantitative estimate of drug-likeness (QED) is 0.177. The van der Waals surface area contributed by atoms with Crippen LogP contribution in [0.25, 0.3) is 55.1 Å². The number of nitrogens with zero attached hydrogens (tertiary/aromatic N) is 5. The average molecular weight is 728 g/mol. The predicted molar refractivity (Wildman–Crippen MR) is 234 cm³/mol. The molecule has 0 unspecified atom stereocenters. The summed E-state index contributed by atoms with van der Waals surface area (Å²) in [5, 5.41) is 4.97. The van der Waals surface area contributed by atoms with E-state index >= 15 is 0 Å². The maximum Gasteiger partial charge on any atom is 0.145 e. The van der Waals surface area contributed by atoms with Gasteiger partial charge in [-0.2, -0.15) is 0 Å². The molecule has 0 spiro atoms. The van der Waals surface area contributed by atoms with E-state index in [1.165, 1.54) is 104 Å². The second-order valence-electron chi connectivity index (χ2n) is 19.0. The molecule has 3 aromatic heterocycles. The first-order valence-electron chi connectivity index (χ1n) is 20.7. The van der Waals surface area contributed by atoms with Gasteiger partial charge in [0.25, 0.3) is 0 Å². The van der Waals surface area contributed by atoms with E-state index in [1.807, 2.05) is 6.20 Å². The summed E-state index contributed by atoms with van der Waals surface area (Å²) in [6.45, 7) is 21.8. The van der Waals surface area contributed by atoms with Gasteiger partial charge in [0.15, 0.2) is 0 Å². The van der Waals surface area contributed by atoms with E-state index in [-0.39, 0.29) is 16.9 Å². The molecule has 0 amide bonds. The summed E-state index contributed by atoms with van der Waals surface area (Å²) in [6, 6.07) is 33.3. The lowest BCUT2D eigenvalue weighted by atomic mass is 9.86. The molecule has 5 heteroatoms. The fourth-order valence-electron chi connectivity index (χ4n) is 9.30. The summed E-state index contributed by atoms with van der Waals surface area (Å²) in [5.74, 6) is 1.56. The molecule has 7 aromatic rings. The van der Waals surface area contributed by atoms with Crippen molar-refractivity contribution in [2.75, 3.05) is 6.54 Å². The number of hydrogen-bond donors (Lipinski definition) is 0. The molecule has 0 saturated heterocycles. The zero-order valence-electron chi connectivity index (χ0n) is 34.4. The van der Waals surface area contributed by atoms with Crippen LogP contribution < -0.4 is 0 Å². The van der Waals surface area contributed by atoms with Crippen molar-refractivity contribution < 1.29 is 0 Å². The van der Waals surface area contributed by atoms with Gasteiger partial charge in [0.2, 0.25) is 0 Å². The van der Waals surface area contributed by atoms with Crippen molar-refractivity contribution in [3.05, 3.63) is 113 Å². The molecule has 4 aromatic carbocycles. The fraction of sp³-hybridized carbons (Fsp3) is 0.400. The van der Waals surface area contributed by atoms with Crippen LogP contribution in [-0.2, 0) is 5.41 Å². The molecule has 282 valence electrons. The van der Waals surface area contributed by atoms with E-state index in [2.05, 4.69) is 161 Å².